The van der Waals surface area contributed by atoms with E-state index in [0.717, 1.165) is 6.07 Å². The number of halogens is 1. The van der Waals surface area contributed by atoms with Crippen LogP contribution in [0.5, 0.6) is 5.75 Å². The number of phenols is 1. The van der Waals surface area contributed by atoms with Crippen molar-refractivity contribution in [3.05, 3.63) is 53.0 Å². The first kappa shape index (κ1) is 13.3. The number of allylic oxidation sites excluding steroid dienone is 3. The van der Waals surface area contributed by atoms with E-state index in [1.807, 2.05) is 0 Å². The quantitative estimate of drug-likeness (QED) is 0.860. The third kappa shape index (κ3) is 2.52. The summed E-state index contributed by atoms with van der Waals surface area (Å²) in [6.07, 6.45) is 0.717. The summed E-state index contributed by atoms with van der Waals surface area (Å²) in [5, 5.41) is 9.77. The third-order valence-electron chi connectivity index (χ3n) is 3.36. The van der Waals surface area contributed by atoms with Crippen molar-refractivity contribution in [2.75, 3.05) is 0 Å². The molecule has 1 unspecified atom stereocenters. The van der Waals surface area contributed by atoms with Gasteiger partial charge in [0.05, 0.1) is 0 Å². The fourth-order valence-electron chi connectivity index (χ4n) is 2.54. The molecule has 100 valence electrons. The van der Waals surface area contributed by atoms with Gasteiger partial charge in [0.2, 0.25) is 0 Å². The molecule has 0 bridgehead atoms. The molecule has 0 saturated heterocycles. The summed E-state index contributed by atoms with van der Waals surface area (Å²) in [6.45, 7) is 5.49. The number of phenolic OH excluding ortho intramolecular Hbond substituents is 1. The Labute approximate surface area is 111 Å². The maximum atomic E-state index is 13.0. The summed E-state index contributed by atoms with van der Waals surface area (Å²) >= 11 is 0. The van der Waals surface area contributed by atoms with E-state index in [2.05, 4.69) is 6.58 Å². The molecule has 3 nitrogen and oxygen atoms in total. The van der Waals surface area contributed by atoms with Crippen molar-refractivity contribution in [3.8, 4) is 5.75 Å². The Bertz CT molecular complexity index is 590. The Kier molecular flexibility index (Phi) is 3.42. The molecule has 1 aromatic rings. The number of aromatic hydroxyl groups is 1. The van der Waals surface area contributed by atoms with Crippen LogP contribution in [0.2, 0.25) is 0 Å². The molecule has 0 saturated carbocycles. The molecule has 0 aromatic heterocycles. The van der Waals surface area contributed by atoms with Crippen LogP contribution in [0.15, 0.2) is 41.6 Å². The number of ketones is 1. The van der Waals surface area contributed by atoms with Crippen LogP contribution in [-0.2, 0) is 4.79 Å². The van der Waals surface area contributed by atoms with Gasteiger partial charge in [0.1, 0.15) is 11.6 Å². The van der Waals surface area contributed by atoms with Crippen LogP contribution in [0.4, 0.5) is 4.39 Å². The van der Waals surface area contributed by atoms with Gasteiger partial charge in [0.15, 0.2) is 5.78 Å². The SMILES string of the molecule is C=C(C)C1=C(N)CC(c2ccc(F)cc2O)CC1=O. The van der Waals surface area contributed by atoms with Crippen LogP contribution >= 0.6 is 0 Å². The van der Waals surface area contributed by atoms with E-state index < -0.39 is 5.82 Å². The molecule has 0 aliphatic heterocycles. The second-order valence-corrected chi connectivity index (χ2v) is 4.91. The Morgan fingerprint density at radius 3 is 2.68 bits per heavy atom. The van der Waals surface area contributed by atoms with Gasteiger partial charge in [-0.15, -0.1) is 0 Å². The molecule has 3 N–H and O–H groups in total. The predicted octanol–water partition coefficient (Wildman–Crippen LogP) is 2.77. The molecular weight excluding hydrogens is 245 g/mol. The van der Waals surface area contributed by atoms with Crippen LogP contribution in [-0.4, -0.2) is 10.9 Å². The molecule has 0 heterocycles. The van der Waals surface area contributed by atoms with Gasteiger partial charge in [0, 0.05) is 29.7 Å². The normalized spacial score (nSPS) is 19.7. The number of nitrogens with two attached hydrogens (primary N) is 1. The number of Topliss-reactive ketones (excluding diaryl/α,β-unsaturated/α-hetero) is 1. The van der Waals surface area contributed by atoms with Crippen molar-refractivity contribution in [1.29, 1.82) is 0 Å². The standard InChI is InChI=1S/C15H16FNO2/c1-8(2)15-12(17)5-9(6-14(15)19)11-4-3-10(16)7-13(11)18/h3-4,7,9,18H,1,5-6,17H2,2H3. The van der Waals surface area contributed by atoms with E-state index in [9.17, 15) is 14.3 Å². The van der Waals surface area contributed by atoms with Crippen molar-refractivity contribution >= 4 is 5.78 Å². The second kappa shape index (κ2) is 4.88. The molecule has 1 aliphatic carbocycles. The summed E-state index contributed by atoms with van der Waals surface area (Å²) in [7, 11) is 0. The Balaban J connectivity index is 2.36. The number of carbonyl (C=O) groups is 1. The molecule has 2 rings (SSSR count). The van der Waals surface area contributed by atoms with Gasteiger partial charge in [0.25, 0.3) is 0 Å². The largest absolute Gasteiger partial charge is 0.508 e. The third-order valence-corrected chi connectivity index (χ3v) is 3.36. The second-order valence-electron chi connectivity index (χ2n) is 4.91. The van der Waals surface area contributed by atoms with Crippen molar-refractivity contribution in [2.45, 2.75) is 25.7 Å². The van der Waals surface area contributed by atoms with Crippen molar-refractivity contribution in [1.82, 2.24) is 0 Å². The lowest BCUT2D eigenvalue weighted by Gasteiger charge is -2.25. The molecule has 19 heavy (non-hydrogen) atoms. The molecule has 0 amide bonds. The molecule has 4 heteroatoms. The van der Waals surface area contributed by atoms with Crippen LogP contribution in [0.3, 0.4) is 0 Å². The van der Waals surface area contributed by atoms with E-state index in [1.54, 1.807) is 6.92 Å². The van der Waals surface area contributed by atoms with Crippen molar-refractivity contribution < 1.29 is 14.3 Å². The maximum absolute atomic E-state index is 13.0. The van der Waals surface area contributed by atoms with Gasteiger partial charge in [-0.1, -0.05) is 12.6 Å². The monoisotopic (exact) mass is 261 g/mol. The van der Waals surface area contributed by atoms with Gasteiger partial charge in [-0.05, 0) is 30.5 Å². The molecule has 0 fully saturated rings. The number of carbonyl (C=O) groups excluding carboxylic acids is 1. The first-order valence-corrected chi connectivity index (χ1v) is 6.06. The van der Waals surface area contributed by atoms with Gasteiger partial charge in [-0.2, -0.15) is 0 Å². The molecule has 1 aromatic carbocycles. The zero-order valence-electron chi connectivity index (χ0n) is 10.7. The van der Waals surface area contributed by atoms with Crippen molar-refractivity contribution in [2.24, 2.45) is 5.73 Å². The molecule has 0 spiro atoms. The minimum atomic E-state index is -0.505. The fraction of sp³-hybridized carbons (Fsp3) is 0.267. The Morgan fingerprint density at radius 2 is 2.16 bits per heavy atom. The first-order valence-electron chi connectivity index (χ1n) is 6.06. The van der Waals surface area contributed by atoms with Crippen LogP contribution in [0.25, 0.3) is 0 Å². The maximum Gasteiger partial charge on any atom is 0.165 e. The molecule has 1 atom stereocenters. The number of hydrogen-bond acceptors (Lipinski definition) is 3. The lowest BCUT2D eigenvalue weighted by molar-refractivity contribution is -0.116. The molecule has 0 radical (unpaired) electrons. The summed E-state index contributed by atoms with van der Waals surface area (Å²) in [5.74, 6) is -0.930. The lowest BCUT2D eigenvalue weighted by Crippen LogP contribution is -2.22. The van der Waals surface area contributed by atoms with E-state index >= 15 is 0 Å². The topological polar surface area (TPSA) is 63.3 Å². The summed E-state index contributed by atoms with van der Waals surface area (Å²) in [6, 6.07) is 3.82. The average Bonchev–Trinajstić information content (AvgIpc) is 2.26. The van der Waals surface area contributed by atoms with E-state index in [1.165, 1.54) is 12.1 Å². The van der Waals surface area contributed by atoms with Gasteiger partial charge < -0.3 is 10.8 Å². The summed E-state index contributed by atoms with van der Waals surface area (Å²) in [5.41, 5.74) is 8.11. The fourth-order valence-corrected chi connectivity index (χ4v) is 2.54. The smallest absolute Gasteiger partial charge is 0.165 e. The highest BCUT2D eigenvalue weighted by Gasteiger charge is 2.29. The van der Waals surface area contributed by atoms with Crippen LogP contribution < -0.4 is 5.73 Å². The summed E-state index contributed by atoms with van der Waals surface area (Å²) < 4.78 is 13.0. The van der Waals surface area contributed by atoms with E-state index in [-0.39, 0.29) is 23.9 Å². The van der Waals surface area contributed by atoms with Crippen molar-refractivity contribution in [3.63, 3.8) is 0 Å². The zero-order chi connectivity index (χ0) is 14.2. The number of rotatable bonds is 2. The Hall–Kier alpha value is -2.10. The molecule has 1 aliphatic rings. The van der Waals surface area contributed by atoms with E-state index in [4.69, 9.17) is 5.73 Å². The van der Waals surface area contributed by atoms with Gasteiger partial charge >= 0.3 is 0 Å². The van der Waals surface area contributed by atoms with Crippen LogP contribution in [0, 0.1) is 5.82 Å². The zero-order valence-corrected chi connectivity index (χ0v) is 10.7. The van der Waals surface area contributed by atoms with E-state index in [0.29, 0.717) is 28.8 Å². The van der Waals surface area contributed by atoms with Crippen LogP contribution in [0.1, 0.15) is 31.2 Å². The van der Waals surface area contributed by atoms with Gasteiger partial charge in [-0.25, -0.2) is 4.39 Å². The predicted molar refractivity (Wildman–Crippen MR) is 71.1 cm³/mol. The first-order chi connectivity index (χ1) is 8.90. The average molecular weight is 261 g/mol. The number of benzene rings is 1. The molecular formula is C15H16FNO2. The minimum Gasteiger partial charge on any atom is -0.508 e. The highest BCUT2D eigenvalue weighted by molar-refractivity contribution is 6.01. The highest BCUT2D eigenvalue weighted by Crippen LogP contribution is 2.38. The Morgan fingerprint density at radius 1 is 1.47 bits per heavy atom. The summed E-state index contributed by atoms with van der Waals surface area (Å²) in [4.78, 5) is 12.1. The minimum absolute atomic E-state index is 0.0787. The highest BCUT2D eigenvalue weighted by atomic mass is 19.1. The lowest BCUT2D eigenvalue weighted by atomic mass is 9.80. The van der Waals surface area contributed by atoms with Gasteiger partial charge in [-0.3, -0.25) is 4.79 Å². The number of hydrogen-bond donors (Lipinski definition) is 2.